The van der Waals surface area contributed by atoms with E-state index in [0.717, 1.165) is 4.21 Å². The van der Waals surface area contributed by atoms with Gasteiger partial charge in [-0.1, -0.05) is 0 Å². The Morgan fingerprint density at radius 1 is 1.46 bits per heavy atom. The first-order chi connectivity index (χ1) is 6.22. The van der Waals surface area contributed by atoms with Gasteiger partial charge in [-0.2, -0.15) is 0 Å². The van der Waals surface area contributed by atoms with Crippen LogP contribution in [0.3, 0.4) is 0 Å². The first-order valence-electron chi connectivity index (χ1n) is 3.67. The molecule has 0 spiro atoms. The first-order valence-corrected chi connectivity index (χ1v) is 5.71. The number of hydrogen-bond donors (Lipinski definition) is 1. The van der Waals surface area contributed by atoms with Crippen molar-refractivity contribution in [3.63, 3.8) is 0 Å². The molecule has 1 aromatic carbocycles. The minimum Gasteiger partial charge on any atom is -0.507 e. The summed E-state index contributed by atoms with van der Waals surface area (Å²) < 4.78 is 14.7. The largest absolute Gasteiger partial charge is 0.507 e. The number of hydrogen-bond acceptors (Lipinski definition) is 3. The maximum atomic E-state index is 13.2. The van der Waals surface area contributed by atoms with Gasteiger partial charge in [0.05, 0.1) is 8.91 Å². The average molecular weight is 214 g/mol. The number of phenols is 1. The lowest BCUT2D eigenvalue weighted by Crippen LogP contribution is -1.72. The number of thioether (sulfide) groups is 1. The first kappa shape index (κ1) is 8.84. The highest BCUT2D eigenvalue weighted by Crippen LogP contribution is 2.37. The zero-order valence-corrected chi connectivity index (χ0v) is 8.51. The Morgan fingerprint density at radius 2 is 2.23 bits per heavy atom. The lowest BCUT2D eigenvalue weighted by atomic mass is 10.2. The standard InChI is InChI=1S/C9H7FOS2/c1-12-8-4-5-7(11)3-2-6(10)9(5)13-8/h2-4,11H,1H3. The molecule has 68 valence electrons. The molecule has 0 saturated carbocycles. The van der Waals surface area contributed by atoms with Crippen molar-refractivity contribution in [2.75, 3.05) is 6.26 Å². The summed E-state index contributed by atoms with van der Waals surface area (Å²) in [5.74, 6) is -0.119. The minimum absolute atomic E-state index is 0.146. The van der Waals surface area contributed by atoms with Gasteiger partial charge in [0.2, 0.25) is 0 Å². The van der Waals surface area contributed by atoms with E-state index >= 15 is 0 Å². The molecule has 0 aliphatic rings. The number of halogens is 1. The summed E-state index contributed by atoms with van der Waals surface area (Å²) in [4.78, 5) is 0. The molecule has 0 atom stereocenters. The molecule has 0 saturated heterocycles. The number of aromatic hydroxyl groups is 1. The molecule has 1 nitrogen and oxygen atoms in total. The van der Waals surface area contributed by atoms with Gasteiger partial charge in [0.1, 0.15) is 11.6 Å². The lowest BCUT2D eigenvalue weighted by Gasteiger charge is -1.93. The molecule has 2 rings (SSSR count). The van der Waals surface area contributed by atoms with Crippen LogP contribution in [0.4, 0.5) is 4.39 Å². The Bertz CT molecular complexity index is 411. The monoisotopic (exact) mass is 214 g/mol. The summed E-state index contributed by atoms with van der Waals surface area (Å²) in [6, 6.07) is 4.48. The molecule has 0 radical (unpaired) electrons. The van der Waals surface area contributed by atoms with Crippen molar-refractivity contribution in [1.82, 2.24) is 0 Å². The molecule has 1 aromatic heterocycles. The van der Waals surface area contributed by atoms with Crippen LogP contribution in [0.5, 0.6) is 5.75 Å². The fraction of sp³-hybridized carbons (Fsp3) is 0.111. The molecular weight excluding hydrogens is 207 g/mol. The second-order valence-corrected chi connectivity index (χ2v) is 4.74. The Balaban J connectivity index is 2.80. The molecular formula is C9H7FOS2. The highest BCUT2D eigenvalue weighted by molar-refractivity contribution is 8.00. The van der Waals surface area contributed by atoms with Gasteiger partial charge >= 0.3 is 0 Å². The fourth-order valence-electron chi connectivity index (χ4n) is 1.15. The molecule has 0 amide bonds. The number of phenolic OH excluding ortho intramolecular Hbond substituents is 1. The SMILES string of the molecule is CSc1cc2c(O)ccc(F)c2s1. The quantitative estimate of drug-likeness (QED) is 0.733. The van der Waals surface area contributed by atoms with Crippen LogP contribution in [-0.4, -0.2) is 11.4 Å². The zero-order valence-electron chi connectivity index (χ0n) is 6.87. The Hall–Kier alpha value is -0.740. The second kappa shape index (κ2) is 3.20. The van der Waals surface area contributed by atoms with Gasteiger partial charge in [-0.25, -0.2) is 4.39 Å². The summed E-state index contributed by atoms with van der Waals surface area (Å²) in [7, 11) is 0. The summed E-state index contributed by atoms with van der Waals surface area (Å²) in [6.45, 7) is 0. The topological polar surface area (TPSA) is 20.2 Å². The third kappa shape index (κ3) is 1.40. The second-order valence-electron chi connectivity index (χ2n) is 2.58. The smallest absolute Gasteiger partial charge is 0.141 e. The molecule has 4 heteroatoms. The van der Waals surface area contributed by atoms with Crippen molar-refractivity contribution in [3.05, 3.63) is 24.0 Å². The van der Waals surface area contributed by atoms with Crippen molar-refractivity contribution in [2.24, 2.45) is 0 Å². The van der Waals surface area contributed by atoms with E-state index in [1.807, 2.05) is 12.3 Å². The normalized spacial score (nSPS) is 10.9. The van der Waals surface area contributed by atoms with Crippen LogP contribution in [0, 0.1) is 5.82 Å². The van der Waals surface area contributed by atoms with Gasteiger partial charge in [-0.05, 0) is 24.5 Å². The van der Waals surface area contributed by atoms with E-state index in [1.165, 1.54) is 23.5 Å². The lowest BCUT2D eigenvalue weighted by molar-refractivity contribution is 0.480. The van der Waals surface area contributed by atoms with Crippen LogP contribution in [0.15, 0.2) is 22.4 Å². The van der Waals surface area contributed by atoms with Gasteiger partial charge in [0.25, 0.3) is 0 Å². The molecule has 0 unspecified atom stereocenters. The van der Waals surface area contributed by atoms with Crippen LogP contribution >= 0.6 is 23.1 Å². The molecule has 13 heavy (non-hydrogen) atoms. The van der Waals surface area contributed by atoms with Gasteiger partial charge in [-0.15, -0.1) is 23.1 Å². The van der Waals surface area contributed by atoms with Crippen molar-refractivity contribution in [1.29, 1.82) is 0 Å². The molecule has 0 aliphatic carbocycles. The Labute approximate surface area is 83.2 Å². The highest BCUT2D eigenvalue weighted by Gasteiger charge is 2.09. The number of thiophene rings is 1. The predicted molar refractivity (Wildman–Crippen MR) is 55.2 cm³/mol. The van der Waals surface area contributed by atoms with Crippen molar-refractivity contribution in [2.45, 2.75) is 4.21 Å². The van der Waals surface area contributed by atoms with Crippen molar-refractivity contribution < 1.29 is 9.50 Å². The van der Waals surface area contributed by atoms with E-state index in [0.29, 0.717) is 10.1 Å². The molecule has 1 N–H and O–H groups in total. The summed E-state index contributed by atoms with van der Waals surface area (Å²) in [6.07, 6.45) is 1.93. The van der Waals surface area contributed by atoms with E-state index in [2.05, 4.69) is 0 Å². The Morgan fingerprint density at radius 3 is 2.85 bits per heavy atom. The van der Waals surface area contributed by atoms with E-state index in [1.54, 1.807) is 11.8 Å². The van der Waals surface area contributed by atoms with E-state index in [-0.39, 0.29) is 11.6 Å². The number of benzene rings is 1. The van der Waals surface area contributed by atoms with E-state index < -0.39 is 0 Å². The van der Waals surface area contributed by atoms with Gasteiger partial charge in [0.15, 0.2) is 0 Å². The Kier molecular flexibility index (Phi) is 2.17. The van der Waals surface area contributed by atoms with Crippen LogP contribution < -0.4 is 0 Å². The van der Waals surface area contributed by atoms with Crippen LogP contribution in [0.1, 0.15) is 0 Å². The maximum absolute atomic E-state index is 13.2. The van der Waals surface area contributed by atoms with Crippen LogP contribution in [0.2, 0.25) is 0 Å². The number of fused-ring (bicyclic) bond motifs is 1. The number of rotatable bonds is 1. The fourth-order valence-corrected chi connectivity index (χ4v) is 2.79. The van der Waals surface area contributed by atoms with Crippen LogP contribution in [-0.2, 0) is 0 Å². The van der Waals surface area contributed by atoms with Crippen molar-refractivity contribution in [3.8, 4) is 5.75 Å². The average Bonchev–Trinajstić information content (AvgIpc) is 2.56. The zero-order chi connectivity index (χ0) is 9.42. The predicted octanol–water partition coefficient (Wildman–Crippen LogP) is 3.47. The maximum Gasteiger partial charge on any atom is 0.141 e. The molecule has 0 fully saturated rings. The van der Waals surface area contributed by atoms with Crippen LogP contribution in [0.25, 0.3) is 10.1 Å². The van der Waals surface area contributed by atoms with Gasteiger partial charge in [-0.3, -0.25) is 0 Å². The summed E-state index contributed by atoms with van der Waals surface area (Å²) >= 11 is 2.92. The van der Waals surface area contributed by atoms with Gasteiger partial charge < -0.3 is 5.11 Å². The molecule has 2 aromatic rings. The minimum atomic E-state index is -0.266. The summed E-state index contributed by atoms with van der Waals surface area (Å²) in [5, 5.41) is 10.0. The third-order valence-corrected chi connectivity index (χ3v) is 4.00. The highest BCUT2D eigenvalue weighted by atomic mass is 32.2. The summed E-state index contributed by atoms with van der Waals surface area (Å²) in [5.41, 5.74) is 0. The molecule has 1 heterocycles. The van der Waals surface area contributed by atoms with E-state index in [4.69, 9.17) is 0 Å². The van der Waals surface area contributed by atoms with Crippen molar-refractivity contribution >= 4 is 33.2 Å². The van der Waals surface area contributed by atoms with Gasteiger partial charge in [0, 0.05) is 5.39 Å². The molecule has 0 aliphatic heterocycles. The third-order valence-electron chi connectivity index (χ3n) is 1.79. The van der Waals surface area contributed by atoms with E-state index in [9.17, 15) is 9.50 Å². The molecule has 0 bridgehead atoms.